The molecule has 0 fully saturated rings. The van der Waals surface area contributed by atoms with E-state index in [1.807, 2.05) is 18.2 Å². The molecule has 0 spiro atoms. The number of hydrogen-bond acceptors (Lipinski definition) is 2. The number of nitrogens with zero attached hydrogens (tertiary/aromatic N) is 2. The van der Waals surface area contributed by atoms with Gasteiger partial charge in [-0.05, 0) is 31.0 Å². The molecule has 0 heterocycles. The van der Waals surface area contributed by atoms with Crippen LogP contribution in [-0.2, 0) is 0 Å². The molecule has 0 radical (unpaired) electrons. The molecule has 98 valence electrons. The van der Waals surface area contributed by atoms with Crippen molar-refractivity contribution in [2.75, 3.05) is 18.0 Å². The van der Waals surface area contributed by atoms with Gasteiger partial charge in [-0.1, -0.05) is 42.6 Å². The lowest BCUT2D eigenvalue weighted by Crippen LogP contribution is -2.29. The largest absolute Gasteiger partial charge is 0.370 e. The quantitative estimate of drug-likeness (QED) is 0.769. The van der Waals surface area contributed by atoms with Crippen LogP contribution in [-0.4, -0.2) is 13.1 Å². The molecule has 2 nitrogen and oxygen atoms in total. The molecule has 1 rings (SSSR count). The summed E-state index contributed by atoms with van der Waals surface area (Å²) < 4.78 is 1.03. The summed E-state index contributed by atoms with van der Waals surface area (Å²) in [6.45, 7) is 8.56. The first-order valence-electron chi connectivity index (χ1n) is 6.60. The Kier molecular flexibility index (Phi) is 6.21. The van der Waals surface area contributed by atoms with Gasteiger partial charge < -0.3 is 4.90 Å². The predicted octanol–water partition coefficient (Wildman–Crippen LogP) is 4.58. The fourth-order valence-electron chi connectivity index (χ4n) is 2.12. The Bertz CT molecular complexity index is 419. The van der Waals surface area contributed by atoms with E-state index in [0.717, 1.165) is 28.8 Å². The minimum absolute atomic E-state index is 0.690. The van der Waals surface area contributed by atoms with Crippen molar-refractivity contribution >= 4 is 21.6 Å². The van der Waals surface area contributed by atoms with Gasteiger partial charge in [-0.3, -0.25) is 0 Å². The van der Waals surface area contributed by atoms with Crippen LogP contribution < -0.4 is 4.90 Å². The molecule has 0 N–H and O–H groups in total. The van der Waals surface area contributed by atoms with E-state index < -0.39 is 0 Å². The lowest BCUT2D eigenvalue weighted by molar-refractivity contribution is 0.486. The van der Waals surface area contributed by atoms with E-state index in [4.69, 9.17) is 0 Å². The molecule has 1 aromatic rings. The summed E-state index contributed by atoms with van der Waals surface area (Å²) in [6.07, 6.45) is 2.37. The smallest absolute Gasteiger partial charge is 0.101 e. The van der Waals surface area contributed by atoms with Gasteiger partial charge in [-0.2, -0.15) is 5.26 Å². The summed E-state index contributed by atoms with van der Waals surface area (Å²) in [6, 6.07) is 8.14. The van der Waals surface area contributed by atoms with E-state index in [0.29, 0.717) is 5.92 Å². The second kappa shape index (κ2) is 7.43. The third-order valence-electron chi connectivity index (χ3n) is 3.44. The summed E-state index contributed by atoms with van der Waals surface area (Å²) in [5, 5.41) is 9.21. The van der Waals surface area contributed by atoms with E-state index in [1.54, 1.807) is 0 Å². The minimum Gasteiger partial charge on any atom is -0.370 e. The van der Waals surface area contributed by atoms with Crippen LogP contribution >= 0.6 is 15.9 Å². The summed E-state index contributed by atoms with van der Waals surface area (Å²) >= 11 is 3.49. The molecule has 0 saturated carbocycles. The number of nitriles is 1. The number of benzene rings is 1. The van der Waals surface area contributed by atoms with E-state index >= 15 is 0 Å². The molecular weight excluding hydrogens is 288 g/mol. The van der Waals surface area contributed by atoms with Gasteiger partial charge in [0, 0.05) is 17.6 Å². The third-order valence-corrected chi connectivity index (χ3v) is 3.93. The first-order chi connectivity index (χ1) is 8.65. The number of hydrogen-bond donors (Lipinski definition) is 0. The van der Waals surface area contributed by atoms with Crippen molar-refractivity contribution in [1.29, 1.82) is 5.26 Å². The minimum atomic E-state index is 0.690. The van der Waals surface area contributed by atoms with Crippen LogP contribution in [0.25, 0.3) is 0 Å². The highest BCUT2D eigenvalue weighted by atomic mass is 79.9. The Morgan fingerprint density at radius 3 is 2.44 bits per heavy atom. The average molecular weight is 309 g/mol. The summed E-state index contributed by atoms with van der Waals surface area (Å²) in [5.41, 5.74) is 1.80. The van der Waals surface area contributed by atoms with Gasteiger partial charge in [0.1, 0.15) is 6.07 Å². The lowest BCUT2D eigenvalue weighted by atomic mass is 10.0. The predicted molar refractivity (Wildman–Crippen MR) is 80.8 cm³/mol. The highest BCUT2D eigenvalue weighted by Gasteiger charge is 2.14. The standard InChI is InChI=1S/C15H21BrN2/c1-4-12(5-2)11-18(6-3)15-9-14(16)8-7-13(15)10-17/h7-9,12H,4-6,11H2,1-3H3. The van der Waals surface area contributed by atoms with Crippen molar-refractivity contribution < 1.29 is 0 Å². The van der Waals surface area contributed by atoms with Gasteiger partial charge in [0.25, 0.3) is 0 Å². The molecule has 0 unspecified atom stereocenters. The first kappa shape index (κ1) is 15.0. The van der Waals surface area contributed by atoms with Crippen molar-refractivity contribution in [3.05, 3.63) is 28.2 Å². The van der Waals surface area contributed by atoms with Gasteiger partial charge in [0.15, 0.2) is 0 Å². The maximum absolute atomic E-state index is 9.21. The highest BCUT2D eigenvalue weighted by molar-refractivity contribution is 9.10. The summed E-state index contributed by atoms with van der Waals surface area (Å²) in [4.78, 5) is 2.31. The molecule has 0 bridgehead atoms. The van der Waals surface area contributed by atoms with Crippen LogP contribution in [0.4, 0.5) is 5.69 Å². The van der Waals surface area contributed by atoms with Crippen LogP contribution in [0.15, 0.2) is 22.7 Å². The Hall–Kier alpha value is -1.01. The molecule has 0 amide bonds. The van der Waals surface area contributed by atoms with Crippen molar-refractivity contribution in [2.24, 2.45) is 5.92 Å². The SMILES string of the molecule is CCC(CC)CN(CC)c1cc(Br)ccc1C#N. The fraction of sp³-hybridized carbons (Fsp3) is 0.533. The summed E-state index contributed by atoms with van der Waals surface area (Å²) in [5.74, 6) is 0.690. The van der Waals surface area contributed by atoms with Crippen LogP contribution in [0, 0.1) is 17.2 Å². The van der Waals surface area contributed by atoms with Crippen molar-refractivity contribution in [2.45, 2.75) is 33.6 Å². The lowest BCUT2D eigenvalue weighted by Gasteiger charge is -2.28. The van der Waals surface area contributed by atoms with Crippen LogP contribution in [0.2, 0.25) is 0 Å². The second-order valence-corrected chi connectivity index (χ2v) is 5.41. The van der Waals surface area contributed by atoms with Crippen LogP contribution in [0.1, 0.15) is 39.2 Å². The second-order valence-electron chi connectivity index (χ2n) is 4.49. The molecule has 0 aliphatic carbocycles. The molecule has 0 aromatic heterocycles. The Morgan fingerprint density at radius 1 is 1.28 bits per heavy atom. The maximum Gasteiger partial charge on any atom is 0.101 e. The monoisotopic (exact) mass is 308 g/mol. The average Bonchev–Trinajstić information content (AvgIpc) is 2.40. The van der Waals surface area contributed by atoms with Gasteiger partial charge in [0.2, 0.25) is 0 Å². The number of rotatable bonds is 6. The van der Waals surface area contributed by atoms with Gasteiger partial charge in [0.05, 0.1) is 11.3 Å². The van der Waals surface area contributed by atoms with Gasteiger partial charge >= 0.3 is 0 Å². The molecule has 18 heavy (non-hydrogen) atoms. The Labute approximate surface area is 119 Å². The zero-order valence-corrected chi connectivity index (χ0v) is 13.0. The van der Waals surface area contributed by atoms with E-state index in [1.165, 1.54) is 12.8 Å². The van der Waals surface area contributed by atoms with Crippen molar-refractivity contribution in [3.8, 4) is 6.07 Å². The zero-order chi connectivity index (χ0) is 13.5. The van der Waals surface area contributed by atoms with Crippen molar-refractivity contribution in [3.63, 3.8) is 0 Å². The first-order valence-corrected chi connectivity index (χ1v) is 7.40. The van der Waals surface area contributed by atoms with Gasteiger partial charge in [-0.25, -0.2) is 0 Å². The molecule has 0 saturated heterocycles. The van der Waals surface area contributed by atoms with Gasteiger partial charge in [-0.15, -0.1) is 0 Å². The molecule has 1 aromatic carbocycles. The topological polar surface area (TPSA) is 27.0 Å². The maximum atomic E-state index is 9.21. The van der Waals surface area contributed by atoms with E-state index in [9.17, 15) is 5.26 Å². The van der Waals surface area contributed by atoms with Crippen LogP contribution in [0.5, 0.6) is 0 Å². The van der Waals surface area contributed by atoms with E-state index in [2.05, 4.69) is 47.7 Å². The molecule has 0 atom stereocenters. The summed E-state index contributed by atoms with van der Waals surface area (Å²) in [7, 11) is 0. The van der Waals surface area contributed by atoms with Crippen molar-refractivity contribution in [1.82, 2.24) is 0 Å². The Balaban J connectivity index is 3.01. The van der Waals surface area contributed by atoms with Crippen LogP contribution in [0.3, 0.4) is 0 Å². The molecule has 0 aliphatic heterocycles. The molecule has 3 heteroatoms. The number of anilines is 1. The highest BCUT2D eigenvalue weighted by Crippen LogP contribution is 2.26. The third kappa shape index (κ3) is 3.74. The normalized spacial score (nSPS) is 10.4. The number of halogens is 1. The van der Waals surface area contributed by atoms with E-state index in [-0.39, 0.29) is 0 Å². The fourth-order valence-corrected chi connectivity index (χ4v) is 2.47. The Morgan fingerprint density at radius 2 is 1.94 bits per heavy atom. The zero-order valence-electron chi connectivity index (χ0n) is 11.4. The molecule has 0 aliphatic rings. The molecular formula is C15H21BrN2.